The average molecular weight is 176 g/mol. The van der Waals surface area contributed by atoms with Gasteiger partial charge >= 0.3 is 0 Å². The third kappa shape index (κ3) is 1.14. The van der Waals surface area contributed by atoms with Crippen molar-refractivity contribution < 1.29 is 0 Å². The van der Waals surface area contributed by atoms with E-state index in [4.69, 9.17) is 0 Å². The van der Waals surface area contributed by atoms with Crippen LogP contribution in [0, 0.1) is 9.81 Å². The fourth-order valence-corrected chi connectivity index (χ4v) is 1.78. The van der Waals surface area contributed by atoms with Crippen LogP contribution in [0.1, 0.15) is 29.6 Å². The van der Waals surface area contributed by atoms with Gasteiger partial charge in [0, 0.05) is 6.42 Å². The molecule has 1 aliphatic rings. The Balaban J connectivity index is 2.49. The van der Waals surface area contributed by atoms with Gasteiger partial charge in [-0.3, -0.25) is 0 Å². The van der Waals surface area contributed by atoms with Crippen molar-refractivity contribution in [2.24, 2.45) is 10.4 Å². The lowest BCUT2D eigenvalue weighted by Gasteiger charge is -1.99. The Hall–Kier alpha value is -1.58. The number of hydrogen-bond acceptors (Lipinski definition) is 4. The molecule has 2 atom stereocenters. The third-order valence-corrected chi connectivity index (χ3v) is 2.42. The van der Waals surface area contributed by atoms with Gasteiger partial charge in [0.05, 0.1) is 0 Å². The zero-order chi connectivity index (χ0) is 9.26. The van der Waals surface area contributed by atoms with Gasteiger partial charge in [0.1, 0.15) is 12.1 Å². The lowest BCUT2D eigenvalue weighted by atomic mass is 10.1. The molecule has 0 spiro atoms. The Morgan fingerprint density at radius 2 is 1.46 bits per heavy atom. The number of hydrogen-bond donors (Lipinski definition) is 0. The van der Waals surface area contributed by atoms with E-state index in [0.29, 0.717) is 6.42 Å². The molecule has 0 saturated carbocycles. The molecule has 0 aliphatic heterocycles. The van der Waals surface area contributed by atoms with E-state index >= 15 is 0 Å². The van der Waals surface area contributed by atoms with Crippen LogP contribution in [-0.4, -0.2) is 0 Å². The van der Waals surface area contributed by atoms with E-state index in [2.05, 4.69) is 10.4 Å². The molecule has 0 amide bonds. The Labute approximate surface area is 74.9 Å². The Morgan fingerprint density at radius 1 is 1.00 bits per heavy atom. The van der Waals surface area contributed by atoms with Gasteiger partial charge in [0.2, 0.25) is 0 Å². The maximum Gasteiger partial charge on any atom is 0.120 e. The highest BCUT2D eigenvalue weighted by Crippen LogP contribution is 2.42. The highest BCUT2D eigenvalue weighted by Gasteiger charge is 2.32. The summed E-state index contributed by atoms with van der Waals surface area (Å²) in [4.78, 5) is 20.9. The van der Waals surface area contributed by atoms with E-state index < -0.39 is 0 Å². The van der Waals surface area contributed by atoms with Crippen LogP contribution >= 0.6 is 0 Å². The lowest BCUT2D eigenvalue weighted by Crippen LogP contribution is -1.85. The first kappa shape index (κ1) is 8.04. The van der Waals surface area contributed by atoms with Gasteiger partial charge in [-0.2, -0.15) is 9.81 Å². The smallest absolute Gasteiger partial charge is 0.120 e. The summed E-state index contributed by atoms with van der Waals surface area (Å²) in [5, 5.41) is 5.96. The second-order valence-corrected chi connectivity index (χ2v) is 3.11. The molecule has 4 nitrogen and oxygen atoms in total. The van der Waals surface area contributed by atoms with E-state index in [1.807, 2.05) is 24.3 Å². The summed E-state index contributed by atoms with van der Waals surface area (Å²) in [6, 6.07) is 6.55. The maximum absolute atomic E-state index is 10.4. The molecule has 4 heteroatoms. The highest BCUT2D eigenvalue weighted by molar-refractivity contribution is 5.37. The summed E-state index contributed by atoms with van der Waals surface area (Å²) in [5.41, 5.74) is 1.70. The van der Waals surface area contributed by atoms with Crippen LogP contribution in [0.3, 0.4) is 0 Å². The number of nitrogens with zero attached hydrogens (tertiary/aromatic N) is 2. The van der Waals surface area contributed by atoms with Gasteiger partial charge in [-0.1, -0.05) is 34.6 Å². The van der Waals surface area contributed by atoms with Gasteiger partial charge in [-0.25, -0.2) is 0 Å². The van der Waals surface area contributed by atoms with E-state index in [0.717, 1.165) is 11.1 Å². The minimum absolute atomic E-state index is 0.390. The van der Waals surface area contributed by atoms with Gasteiger partial charge in [-0.15, -0.1) is 0 Å². The topological polar surface area (TPSA) is 58.9 Å². The Bertz CT molecular complexity index is 318. The predicted molar refractivity (Wildman–Crippen MR) is 48.1 cm³/mol. The molecule has 13 heavy (non-hydrogen) atoms. The molecular formula is C9H8N2O2. The monoisotopic (exact) mass is 176 g/mol. The molecule has 66 valence electrons. The second-order valence-electron chi connectivity index (χ2n) is 3.11. The Morgan fingerprint density at radius 3 is 1.85 bits per heavy atom. The number of nitroso groups, excluding NO2 is 2. The van der Waals surface area contributed by atoms with E-state index in [1.54, 1.807) is 0 Å². The largest absolute Gasteiger partial charge is 0.150 e. The molecule has 0 radical (unpaired) electrons. The summed E-state index contributed by atoms with van der Waals surface area (Å²) in [5.74, 6) is 0. The van der Waals surface area contributed by atoms with E-state index in [9.17, 15) is 9.81 Å². The van der Waals surface area contributed by atoms with Crippen molar-refractivity contribution in [3.63, 3.8) is 0 Å². The minimum atomic E-state index is -0.390. The van der Waals surface area contributed by atoms with Gasteiger partial charge in [0.15, 0.2) is 0 Å². The van der Waals surface area contributed by atoms with Crippen molar-refractivity contribution in [3.05, 3.63) is 45.2 Å². The van der Waals surface area contributed by atoms with E-state index in [-0.39, 0.29) is 12.1 Å². The molecular weight excluding hydrogens is 168 g/mol. The first-order valence-corrected chi connectivity index (χ1v) is 4.10. The van der Waals surface area contributed by atoms with Crippen LogP contribution < -0.4 is 0 Å². The van der Waals surface area contributed by atoms with Crippen LogP contribution in [0.2, 0.25) is 0 Å². The second kappa shape index (κ2) is 3.05. The number of rotatable bonds is 2. The number of fused-ring (bicyclic) bond motifs is 1. The molecule has 0 N–H and O–H groups in total. The summed E-state index contributed by atoms with van der Waals surface area (Å²) in [6.07, 6.45) is 0.423. The first-order valence-electron chi connectivity index (χ1n) is 4.10. The van der Waals surface area contributed by atoms with Crippen molar-refractivity contribution in [2.75, 3.05) is 0 Å². The average Bonchev–Trinajstić information content (AvgIpc) is 2.56. The minimum Gasteiger partial charge on any atom is -0.150 e. The molecule has 0 heterocycles. The molecule has 1 aliphatic carbocycles. The fourth-order valence-electron chi connectivity index (χ4n) is 1.78. The molecule has 2 rings (SSSR count). The third-order valence-electron chi connectivity index (χ3n) is 2.42. The summed E-state index contributed by atoms with van der Waals surface area (Å²) in [7, 11) is 0. The number of benzene rings is 1. The molecule has 1 aromatic rings. The quantitative estimate of drug-likeness (QED) is 0.650. The van der Waals surface area contributed by atoms with Crippen LogP contribution in [-0.2, 0) is 0 Å². The molecule has 1 aromatic carbocycles. The van der Waals surface area contributed by atoms with Crippen LogP contribution in [0.5, 0.6) is 0 Å². The van der Waals surface area contributed by atoms with Gasteiger partial charge < -0.3 is 0 Å². The van der Waals surface area contributed by atoms with Crippen molar-refractivity contribution in [1.82, 2.24) is 0 Å². The molecule has 0 saturated heterocycles. The normalized spacial score (nSPS) is 25.2. The molecule has 0 aromatic heterocycles. The summed E-state index contributed by atoms with van der Waals surface area (Å²) in [6.45, 7) is 0. The van der Waals surface area contributed by atoms with E-state index in [1.165, 1.54) is 0 Å². The zero-order valence-corrected chi connectivity index (χ0v) is 6.88. The van der Waals surface area contributed by atoms with Crippen molar-refractivity contribution in [3.8, 4) is 0 Å². The molecule has 2 unspecified atom stereocenters. The van der Waals surface area contributed by atoms with Crippen molar-refractivity contribution >= 4 is 0 Å². The fraction of sp³-hybridized carbons (Fsp3) is 0.333. The van der Waals surface area contributed by atoms with Crippen LogP contribution in [0.15, 0.2) is 34.6 Å². The van der Waals surface area contributed by atoms with Gasteiger partial charge in [0.25, 0.3) is 0 Å². The van der Waals surface area contributed by atoms with Crippen molar-refractivity contribution in [2.45, 2.75) is 18.5 Å². The van der Waals surface area contributed by atoms with Crippen LogP contribution in [0.25, 0.3) is 0 Å². The predicted octanol–water partition coefficient (Wildman–Crippen LogP) is 2.71. The lowest BCUT2D eigenvalue weighted by molar-refractivity contribution is 0.618. The first-order chi connectivity index (χ1) is 6.36. The zero-order valence-electron chi connectivity index (χ0n) is 6.88. The van der Waals surface area contributed by atoms with Crippen LogP contribution in [0.4, 0.5) is 0 Å². The molecule has 0 fully saturated rings. The van der Waals surface area contributed by atoms with Gasteiger partial charge in [-0.05, 0) is 11.1 Å². The van der Waals surface area contributed by atoms with Crippen molar-refractivity contribution in [1.29, 1.82) is 0 Å². The maximum atomic E-state index is 10.4. The summed E-state index contributed by atoms with van der Waals surface area (Å²) >= 11 is 0. The Kier molecular flexibility index (Phi) is 1.88. The summed E-state index contributed by atoms with van der Waals surface area (Å²) < 4.78 is 0. The molecule has 0 bridgehead atoms. The SMILES string of the molecule is O=NC1CC(N=O)c2ccccc21. The standard InChI is InChI=1S/C9H8N2O2/c12-10-8-5-9(11-13)7-4-2-1-3-6(7)8/h1-4,8-9H,5H2. The highest BCUT2D eigenvalue weighted by atomic mass is 16.3.